The summed E-state index contributed by atoms with van der Waals surface area (Å²) in [5, 5.41) is 8.78. The van der Waals surface area contributed by atoms with Crippen LogP contribution in [0.3, 0.4) is 0 Å². The van der Waals surface area contributed by atoms with E-state index in [1.165, 1.54) is 25.7 Å². The summed E-state index contributed by atoms with van der Waals surface area (Å²) in [6.45, 7) is 4.14. The van der Waals surface area contributed by atoms with Crippen LogP contribution in [0.25, 0.3) is 0 Å². The van der Waals surface area contributed by atoms with Crippen LogP contribution in [0.5, 0.6) is 0 Å². The molecule has 80 valence electrons. The molecule has 0 aliphatic rings. The molecule has 0 rings (SSSR count). The molecule has 0 fully saturated rings. The molecule has 1 N–H and O–H groups in total. The second kappa shape index (κ2) is 11.5. The normalized spacial score (nSPS) is 11.9. The Bertz CT molecular complexity index is 143. The largest absolute Gasteiger partial charge is 1.00 e. The van der Waals surface area contributed by atoms with Gasteiger partial charge in [-0.3, -0.25) is 4.79 Å². The first kappa shape index (κ1) is 16.9. The minimum absolute atomic E-state index is 0. The molecule has 0 bridgehead atoms. The molecule has 0 heterocycles. The number of rotatable bonds is 8. The van der Waals surface area contributed by atoms with Crippen LogP contribution in [0.4, 0.5) is 0 Å². The van der Waals surface area contributed by atoms with Crippen molar-refractivity contribution in [2.75, 3.05) is 0 Å². The van der Waals surface area contributed by atoms with Crippen LogP contribution in [0.1, 0.15) is 60.2 Å². The summed E-state index contributed by atoms with van der Waals surface area (Å²) in [6, 6.07) is 0. The second-order valence-corrected chi connectivity index (χ2v) is 3.65. The maximum Gasteiger partial charge on any atom is 1.00 e. The van der Waals surface area contributed by atoms with Crippen molar-refractivity contribution in [3.8, 4) is 0 Å². The van der Waals surface area contributed by atoms with Crippen molar-refractivity contribution in [2.24, 2.45) is 5.92 Å². The van der Waals surface area contributed by atoms with Gasteiger partial charge in [0.05, 0.1) is 5.92 Å². The van der Waals surface area contributed by atoms with Crippen LogP contribution in [0.2, 0.25) is 0 Å². The number of hydrogen-bond donors (Lipinski definition) is 1. The third-order valence-electron chi connectivity index (χ3n) is 2.50. The third kappa shape index (κ3) is 9.04. The fourth-order valence-electron chi connectivity index (χ4n) is 1.50. The van der Waals surface area contributed by atoms with Gasteiger partial charge >= 0.3 is 35.5 Å². The fraction of sp³-hybridized carbons (Fsp3) is 0.909. The number of carboxylic acid groups (broad SMARTS) is 1. The number of carboxylic acids is 1. The topological polar surface area (TPSA) is 37.3 Å². The van der Waals surface area contributed by atoms with E-state index in [1.807, 2.05) is 6.92 Å². The number of carbonyl (C=O) groups is 1. The molecule has 3 heteroatoms. The van der Waals surface area contributed by atoms with Gasteiger partial charge in [-0.15, -0.1) is 0 Å². The van der Waals surface area contributed by atoms with Crippen LogP contribution in [-0.2, 0) is 4.79 Å². The molecular weight excluding hydrogens is 187 g/mol. The van der Waals surface area contributed by atoms with E-state index >= 15 is 0 Å². The van der Waals surface area contributed by atoms with E-state index in [2.05, 4.69) is 6.92 Å². The summed E-state index contributed by atoms with van der Waals surface area (Å²) in [5.41, 5.74) is 0. The molecule has 0 aromatic rings. The van der Waals surface area contributed by atoms with Crippen LogP contribution in [0, 0.1) is 5.92 Å². The van der Waals surface area contributed by atoms with Crippen LogP contribution >= 0.6 is 0 Å². The molecular formula is C11H23NaO2. The molecule has 14 heavy (non-hydrogen) atoms. The van der Waals surface area contributed by atoms with E-state index in [4.69, 9.17) is 5.11 Å². The molecule has 0 aliphatic carbocycles. The van der Waals surface area contributed by atoms with Gasteiger partial charge in [0, 0.05) is 0 Å². The van der Waals surface area contributed by atoms with Crippen molar-refractivity contribution < 1.29 is 40.9 Å². The first-order valence-corrected chi connectivity index (χ1v) is 5.45. The van der Waals surface area contributed by atoms with Gasteiger partial charge in [0.2, 0.25) is 0 Å². The summed E-state index contributed by atoms with van der Waals surface area (Å²) >= 11 is 0. The predicted molar refractivity (Wildman–Crippen MR) is 55.9 cm³/mol. The Morgan fingerprint density at radius 3 is 2.21 bits per heavy atom. The van der Waals surface area contributed by atoms with Gasteiger partial charge in [0.25, 0.3) is 0 Å². The van der Waals surface area contributed by atoms with Crippen molar-refractivity contribution in [2.45, 2.75) is 58.8 Å². The Hall–Kier alpha value is 0.470. The molecule has 0 spiro atoms. The molecule has 1 atom stereocenters. The van der Waals surface area contributed by atoms with Crippen molar-refractivity contribution in [3.63, 3.8) is 0 Å². The molecule has 0 aromatic carbocycles. The third-order valence-corrected chi connectivity index (χ3v) is 2.50. The molecule has 0 saturated heterocycles. The van der Waals surface area contributed by atoms with Crippen molar-refractivity contribution in [1.29, 1.82) is 0 Å². The number of hydrogen-bond acceptors (Lipinski definition) is 1. The Kier molecular flexibility index (Phi) is 13.9. The number of unbranched alkanes of at least 4 members (excludes halogenated alkanes) is 4. The molecule has 0 radical (unpaired) electrons. The SMILES string of the molecule is CCCCCCCC(CC)C(=O)O.[H-].[Na+]. The summed E-state index contributed by atoms with van der Waals surface area (Å²) in [6.07, 6.45) is 7.67. The zero-order chi connectivity index (χ0) is 10.1. The van der Waals surface area contributed by atoms with Gasteiger partial charge in [-0.2, -0.15) is 0 Å². The van der Waals surface area contributed by atoms with E-state index < -0.39 is 5.97 Å². The van der Waals surface area contributed by atoms with Crippen molar-refractivity contribution in [3.05, 3.63) is 0 Å². The van der Waals surface area contributed by atoms with Crippen molar-refractivity contribution >= 4 is 5.97 Å². The zero-order valence-corrected chi connectivity index (χ0v) is 11.9. The molecule has 2 nitrogen and oxygen atoms in total. The minimum Gasteiger partial charge on any atom is -1.00 e. The van der Waals surface area contributed by atoms with Gasteiger partial charge in [-0.25, -0.2) is 0 Å². The summed E-state index contributed by atoms with van der Waals surface area (Å²) in [4.78, 5) is 10.7. The predicted octanol–water partition coefficient (Wildman–Crippen LogP) is 0.574. The molecule has 0 aromatic heterocycles. The maximum atomic E-state index is 10.7. The van der Waals surface area contributed by atoms with E-state index in [9.17, 15) is 4.79 Å². The standard InChI is InChI=1S/C11H22O2.Na.H/c1-3-5-6-7-8-9-10(4-2)11(12)13;;/h10H,3-9H2,1-2H3,(H,12,13);;/q;+1;-1. The van der Waals surface area contributed by atoms with Gasteiger partial charge in [0.15, 0.2) is 0 Å². The Morgan fingerprint density at radius 2 is 1.79 bits per heavy atom. The first-order chi connectivity index (χ1) is 6.22. The average Bonchev–Trinajstić information content (AvgIpc) is 2.10. The van der Waals surface area contributed by atoms with Crippen LogP contribution < -0.4 is 29.6 Å². The average molecular weight is 210 g/mol. The van der Waals surface area contributed by atoms with Gasteiger partial charge < -0.3 is 6.53 Å². The van der Waals surface area contributed by atoms with Crippen molar-refractivity contribution in [1.82, 2.24) is 0 Å². The fourth-order valence-corrected chi connectivity index (χ4v) is 1.50. The zero-order valence-electron chi connectivity index (χ0n) is 10.9. The molecule has 0 aliphatic heterocycles. The van der Waals surface area contributed by atoms with Gasteiger partial charge in [-0.1, -0.05) is 46.0 Å². The first-order valence-electron chi connectivity index (χ1n) is 5.45. The molecule has 0 amide bonds. The summed E-state index contributed by atoms with van der Waals surface area (Å²) < 4.78 is 0. The summed E-state index contributed by atoms with van der Waals surface area (Å²) in [7, 11) is 0. The van der Waals surface area contributed by atoms with Gasteiger partial charge in [-0.05, 0) is 12.8 Å². The van der Waals surface area contributed by atoms with Gasteiger partial charge in [0.1, 0.15) is 0 Å². The Morgan fingerprint density at radius 1 is 1.21 bits per heavy atom. The maximum absolute atomic E-state index is 10.7. The van der Waals surface area contributed by atoms with E-state index in [1.54, 1.807) is 0 Å². The summed E-state index contributed by atoms with van der Waals surface area (Å²) in [5.74, 6) is -0.736. The molecule has 0 saturated carbocycles. The second-order valence-electron chi connectivity index (χ2n) is 3.65. The smallest absolute Gasteiger partial charge is 1.00 e. The Balaban J connectivity index is -0.000000720. The van der Waals surface area contributed by atoms with E-state index in [0.717, 1.165) is 19.3 Å². The number of aliphatic carboxylic acids is 1. The minimum atomic E-state index is -0.627. The molecule has 1 unspecified atom stereocenters. The van der Waals surface area contributed by atoms with Crippen LogP contribution in [0.15, 0.2) is 0 Å². The van der Waals surface area contributed by atoms with E-state index in [0.29, 0.717) is 0 Å². The quantitative estimate of drug-likeness (QED) is 0.470. The monoisotopic (exact) mass is 210 g/mol. The van der Waals surface area contributed by atoms with E-state index in [-0.39, 0.29) is 36.9 Å². The van der Waals surface area contributed by atoms with Crippen LogP contribution in [-0.4, -0.2) is 11.1 Å². The Labute approximate surface area is 111 Å².